The number of amides is 1. The van der Waals surface area contributed by atoms with Gasteiger partial charge in [0.2, 0.25) is 0 Å². The number of hydrogen-bond acceptors (Lipinski definition) is 4. The third kappa shape index (κ3) is 3.55. The maximum absolute atomic E-state index is 12.9. The van der Waals surface area contributed by atoms with E-state index in [1.54, 1.807) is 11.3 Å². The maximum Gasteiger partial charge on any atom is 0.272 e. The summed E-state index contributed by atoms with van der Waals surface area (Å²) in [4.78, 5) is 16.3. The second kappa shape index (κ2) is 7.66. The molecule has 0 radical (unpaired) electrons. The number of para-hydroxylation sites is 1. The lowest BCUT2D eigenvalue weighted by Crippen LogP contribution is -2.34. The molecule has 0 fully saturated rings. The summed E-state index contributed by atoms with van der Waals surface area (Å²) in [6.07, 6.45) is 2.97. The van der Waals surface area contributed by atoms with E-state index in [9.17, 15) is 4.79 Å². The fourth-order valence-corrected chi connectivity index (χ4v) is 4.62. The molecule has 0 saturated heterocycles. The largest absolute Gasteiger partial charge is 0.349 e. The summed E-state index contributed by atoms with van der Waals surface area (Å²) >= 11 is 1.72. The molecule has 0 saturated carbocycles. The highest BCUT2D eigenvalue weighted by Crippen LogP contribution is 2.28. The Hall–Kier alpha value is -2.44. The normalized spacial score (nSPS) is 14.3. The number of rotatable bonds is 6. The average Bonchev–Trinajstić information content (AvgIpc) is 3.40. The second-order valence-electron chi connectivity index (χ2n) is 7.08. The molecule has 2 aromatic heterocycles. The Morgan fingerprint density at radius 1 is 1.22 bits per heavy atom. The van der Waals surface area contributed by atoms with Gasteiger partial charge in [0.25, 0.3) is 5.91 Å². The van der Waals surface area contributed by atoms with Crippen LogP contribution in [0.2, 0.25) is 0 Å². The minimum atomic E-state index is -0.0776. The van der Waals surface area contributed by atoms with Gasteiger partial charge < -0.3 is 10.2 Å². The smallest absolute Gasteiger partial charge is 0.272 e. The minimum absolute atomic E-state index is 0.0776. The Morgan fingerprint density at radius 2 is 2.04 bits per heavy atom. The van der Waals surface area contributed by atoms with Crippen LogP contribution < -0.4 is 5.32 Å². The van der Waals surface area contributed by atoms with Gasteiger partial charge in [0.15, 0.2) is 5.69 Å². The average molecular weight is 381 g/mol. The highest BCUT2D eigenvalue weighted by atomic mass is 32.1. The SMILES string of the molecule is CN(C)C(CNC(=O)c1nn(-c2ccccc2)c2c1CCC2)c1cccs1. The van der Waals surface area contributed by atoms with Crippen LogP contribution in [-0.4, -0.2) is 41.2 Å². The van der Waals surface area contributed by atoms with Crippen LogP contribution in [0.5, 0.6) is 0 Å². The molecule has 0 spiro atoms. The quantitative estimate of drug-likeness (QED) is 0.713. The predicted octanol–water partition coefficient (Wildman–Crippen LogP) is 3.46. The van der Waals surface area contributed by atoms with Crippen molar-refractivity contribution in [1.82, 2.24) is 20.0 Å². The molecule has 1 aromatic carbocycles. The van der Waals surface area contributed by atoms with E-state index in [1.165, 1.54) is 10.6 Å². The zero-order valence-electron chi connectivity index (χ0n) is 15.7. The Morgan fingerprint density at radius 3 is 2.74 bits per heavy atom. The fourth-order valence-electron chi connectivity index (χ4n) is 3.69. The van der Waals surface area contributed by atoms with Gasteiger partial charge in [-0.05, 0) is 56.9 Å². The highest BCUT2D eigenvalue weighted by molar-refractivity contribution is 7.10. The Labute approximate surface area is 163 Å². The number of nitrogens with one attached hydrogen (secondary N) is 1. The van der Waals surface area contributed by atoms with Crippen molar-refractivity contribution in [3.8, 4) is 5.69 Å². The monoisotopic (exact) mass is 380 g/mol. The van der Waals surface area contributed by atoms with Crippen molar-refractivity contribution in [2.45, 2.75) is 25.3 Å². The van der Waals surface area contributed by atoms with E-state index in [1.807, 2.05) is 55.2 Å². The summed E-state index contributed by atoms with van der Waals surface area (Å²) in [5.41, 5.74) is 3.87. The lowest BCUT2D eigenvalue weighted by Gasteiger charge is -2.23. The van der Waals surface area contributed by atoms with Gasteiger partial charge in [-0.3, -0.25) is 4.79 Å². The van der Waals surface area contributed by atoms with Crippen molar-refractivity contribution in [2.75, 3.05) is 20.6 Å². The molecule has 1 aliphatic carbocycles. The van der Waals surface area contributed by atoms with E-state index in [2.05, 4.69) is 26.8 Å². The number of thiophene rings is 1. The molecule has 1 atom stereocenters. The number of carbonyl (C=O) groups excluding carboxylic acids is 1. The summed E-state index contributed by atoms with van der Waals surface area (Å²) in [5, 5.41) is 9.87. The van der Waals surface area contributed by atoms with Crippen molar-refractivity contribution in [2.24, 2.45) is 0 Å². The van der Waals surface area contributed by atoms with Gasteiger partial charge in [-0.2, -0.15) is 5.10 Å². The number of fused-ring (bicyclic) bond motifs is 1. The predicted molar refractivity (Wildman–Crippen MR) is 109 cm³/mol. The van der Waals surface area contributed by atoms with Crippen LogP contribution in [-0.2, 0) is 12.8 Å². The van der Waals surface area contributed by atoms with Gasteiger partial charge in [-0.15, -0.1) is 11.3 Å². The Bertz CT molecular complexity index is 915. The van der Waals surface area contributed by atoms with Crippen molar-refractivity contribution < 1.29 is 4.79 Å². The summed E-state index contributed by atoms with van der Waals surface area (Å²) in [6, 6.07) is 14.4. The molecule has 3 aromatic rings. The molecule has 6 heteroatoms. The first-order chi connectivity index (χ1) is 13.1. The van der Waals surface area contributed by atoms with Crippen LogP contribution in [0, 0.1) is 0 Å². The summed E-state index contributed by atoms with van der Waals surface area (Å²) in [6.45, 7) is 0.569. The molecule has 0 aliphatic heterocycles. The molecule has 0 bridgehead atoms. The van der Waals surface area contributed by atoms with Crippen LogP contribution in [0.1, 0.15) is 39.1 Å². The van der Waals surface area contributed by atoms with Gasteiger partial charge in [0.05, 0.1) is 11.7 Å². The molecular weight excluding hydrogens is 356 g/mol. The first-order valence-electron chi connectivity index (χ1n) is 9.29. The summed E-state index contributed by atoms with van der Waals surface area (Å²) < 4.78 is 1.94. The number of hydrogen-bond donors (Lipinski definition) is 1. The van der Waals surface area contributed by atoms with Gasteiger partial charge in [-0.1, -0.05) is 24.3 Å². The molecular formula is C21H24N4OS. The molecule has 1 amide bonds. The highest BCUT2D eigenvalue weighted by Gasteiger charge is 2.27. The number of likely N-dealkylation sites (N-methyl/N-ethyl adjacent to an activating group) is 1. The van der Waals surface area contributed by atoms with E-state index in [4.69, 9.17) is 0 Å². The van der Waals surface area contributed by atoms with Crippen LogP contribution in [0.4, 0.5) is 0 Å². The van der Waals surface area contributed by atoms with E-state index < -0.39 is 0 Å². The molecule has 5 nitrogen and oxygen atoms in total. The van der Waals surface area contributed by atoms with Crippen LogP contribution >= 0.6 is 11.3 Å². The van der Waals surface area contributed by atoms with E-state index in [0.29, 0.717) is 12.2 Å². The number of nitrogens with zero attached hydrogens (tertiary/aromatic N) is 3. The van der Waals surface area contributed by atoms with Crippen molar-refractivity contribution >= 4 is 17.2 Å². The maximum atomic E-state index is 12.9. The zero-order chi connectivity index (χ0) is 18.8. The van der Waals surface area contributed by atoms with Crippen LogP contribution in [0.25, 0.3) is 5.69 Å². The molecule has 2 heterocycles. The summed E-state index contributed by atoms with van der Waals surface area (Å²) in [5.74, 6) is -0.0776. The Kier molecular flexibility index (Phi) is 5.09. The summed E-state index contributed by atoms with van der Waals surface area (Å²) in [7, 11) is 4.08. The van der Waals surface area contributed by atoms with E-state index in [-0.39, 0.29) is 11.9 Å². The molecule has 140 valence electrons. The first-order valence-corrected chi connectivity index (χ1v) is 10.2. The third-order valence-corrected chi connectivity index (χ3v) is 6.07. The third-order valence-electron chi connectivity index (χ3n) is 5.10. The number of carbonyl (C=O) groups is 1. The minimum Gasteiger partial charge on any atom is -0.349 e. The van der Waals surface area contributed by atoms with Gasteiger partial charge in [0, 0.05) is 22.7 Å². The van der Waals surface area contributed by atoms with E-state index >= 15 is 0 Å². The first kappa shape index (κ1) is 17.9. The van der Waals surface area contributed by atoms with E-state index in [0.717, 1.165) is 30.5 Å². The van der Waals surface area contributed by atoms with Gasteiger partial charge in [-0.25, -0.2) is 4.68 Å². The molecule has 1 aliphatic rings. The van der Waals surface area contributed by atoms with Gasteiger partial charge >= 0.3 is 0 Å². The fraction of sp³-hybridized carbons (Fsp3) is 0.333. The van der Waals surface area contributed by atoms with Crippen LogP contribution in [0.3, 0.4) is 0 Å². The molecule has 27 heavy (non-hydrogen) atoms. The van der Waals surface area contributed by atoms with Crippen molar-refractivity contribution in [3.63, 3.8) is 0 Å². The Balaban J connectivity index is 1.56. The lowest BCUT2D eigenvalue weighted by molar-refractivity contribution is 0.0936. The standard InChI is InChI=1S/C21H24N4OS/c1-24(2)18(19-12-7-13-27-19)14-22-21(26)20-16-10-6-11-17(16)25(23-20)15-8-4-3-5-9-15/h3-5,7-9,12-13,18H,6,10-11,14H2,1-2H3,(H,22,26). The van der Waals surface area contributed by atoms with Gasteiger partial charge in [0.1, 0.15) is 0 Å². The zero-order valence-corrected chi connectivity index (χ0v) is 16.5. The second-order valence-corrected chi connectivity index (χ2v) is 8.06. The molecule has 1 N–H and O–H groups in total. The van der Waals surface area contributed by atoms with Crippen LogP contribution in [0.15, 0.2) is 47.8 Å². The molecule has 1 unspecified atom stereocenters. The number of benzene rings is 1. The van der Waals surface area contributed by atoms with Crippen molar-refractivity contribution in [3.05, 3.63) is 69.7 Å². The van der Waals surface area contributed by atoms with Crippen molar-refractivity contribution in [1.29, 1.82) is 0 Å². The topological polar surface area (TPSA) is 50.2 Å². The number of aromatic nitrogens is 2. The lowest BCUT2D eigenvalue weighted by atomic mass is 10.1. The molecule has 4 rings (SSSR count).